The van der Waals surface area contributed by atoms with Crippen molar-refractivity contribution in [3.63, 3.8) is 0 Å². The molecular formula is C22H23N5O3. The van der Waals surface area contributed by atoms with Crippen LogP contribution in [-0.2, 0) is 9.59 Å². The summed E-state index contributed by atoms with van der Waals surface area (Å²) in [5.41, 5.74) is 1.80. The minimum Gasteiger partial charge on any atom is -0.479 e. The summed E-state index contributed by atoms with van der Waals surface area (Å²) >= 11 is 0. The third-order valence-electron chi connectivity index (χ3n) is 4.30. The topological polar surface area (TPSA) is 107 Å². The second-order valence-corrected chi connectivity index (χ2v) is 6.93. The molecule has 0 fully saturated rings. The SMILES string of the molecule is CN(C)CC=CC(=O)Nc1ccc2ncnc(NC(C(=O)O)c3ccccc3)c2c1. The first-order valence-electron chi connectivity index (χ1n) is 9.35. The van der Waals surface area contributed by atoms with Crippen molar-refractivity contribution in [2.75, 3.05) is 31.3 Å². The van der Waals surface area contributed by atoms with E-state index in [1.807, 2.05) is 25.1 Å². The molecule has 0 aliphatic rings. The summed E-state index contributed by atoms with van der Waals surface area (Å²) < 4.78 is 0. The van der Waals surface area contributed by atoms with Gasteiger partial charge in [-0.15, -0.1) is 0 Å². The molecule has 3 aromatic rings. The lowest BCUT2D eigenvalue weighted by Gasteiger charge is -2.17. The van der Waals surface area contributed by atoms with Crippen molar-refractivity contribution in [2.45, 2.75) is 6.04 Å². The number of rotatable bonds is 8. The summed E-state index contributed by atoms with van der Waals surface area (Å²) in [6, 6.07) is 13.1. The summed E-state index contributed by atoms with van der Waals surface area (Å²) in [4.78, 5) is 34.3. The molecule has 1 unspecified atom stereocenters. The molecule has 3 rings (SSSR count). The highest BCUT2D eigenvalue weighted by Gasteiger charge is 2.21. The van der Waals surface area contributed by atoms with Crippen LogP contribution in [0, 0.1) is 0 Å². The zero-order chi connectivity index (χ0) is 21.5. The Morgan fingerprint density at radius 3 is 2.60 bits per heavy atom. The molecule has 8 nitrogen and oxygen atoms in total. The van der Waals surface area contributed by atoms with Gasteiger partial charge in [-0.25, -0.2) is 14.8 Å². The number of amides is 1. The Kier molecular flexibility index (Phi) is 6.71. The summed E-state index contributed by atoms with van der Waals surface area (Å²) in [7, 11) is 3.83. The minimum absolute atomic E-state index is 0.254. The Balaban J connectivity index is 1.87. The number of likely N-dealkylation sites (N-methyl/N-ethyl adjacent to an activating group) is 1. The van der Waals surface area contributed by atoms with Crippen LogP contribution < -0.4 is 10.6 Å². The number of nitrogens with zero attached hydrogens (tertiary/aromatic N) is 3. The zero-order valence-corrected chi connectivity index (χ0v) is 16.7. The number of carbonyl (C=O) groups is 2. The molecule has 30 heavy (non-hydrogen) atoms. The number of benzene rings is 2. The van der Waals surface area contributed by atoms with E-state index in [1.54, 1.807) is 48.5 Å². The van der Waals surface area contributed by atoms with Gasteiger partial charge >= 0.3 is 5.97 Å². The van der Waals surface area contributed by atoms with Crippen LogP contribution in [0.1, 0.15) is 11.6 Å². The van der Waals surface area contributed by atoms with E-state index in [2.05, 4.69) is 20.6 Å². The van der Waals surface area contributed by atoms with E-state index in [-0.39, 0.29) is 5.91 Å². The molecule has 0 spiro atoms. The number of hydrogen-bond donors (Lipinski definition) is 3. The van der Waals surface area contributed by atoms with Crippen LogP contribution in [-0.4, -0.2) is 52.5 Å². The summed E-state index contributed by atoms with van der Waals surface area (Å²) in [5, 5.41) is 16.1. The Labute approximate surface area is 174 Å². The van der Waals surface area contributed by atoms with Crippen LogP contribution in [0.25, 0.3) is 10.9 Å². The number of aliphatic carboxylic acids is 1. The second-order valence-electron chi connectivity index (χ2n) is 6.93. The first-order valence-corrected chi connectivity index (χ1v) is 9.35. The molecule has 154 valence electrons. The number of fused-ring (bicyclic) bond motifs is 1. The van der Waals surface area contributed by atoms with Gasteiger partial charge in [0.25, 0.3) is 0 Å². The molecule has 8 heteroatoms. The van der Waals surface area contributed by atoms with Gasteiger partial charge in [0.1, 0.15) is 12.1 Å². The highest BCUT2D eigenvalue weighted by atomic mass is 16.4. The average molecular weight is 405 g/mol. The predicted molar refractivity (Wildman–Crippen MR) is 116 cm³/mol. The van der Waals surface area contributed by atoms with Crippen LogP contribution >= 0.6 is 0 Å². The number of carboxylic acids is 1. The Bertz CT molecular complexity index is 1070. The van der Waals surface area contributed by atoms with Crippen LogP contribution in [0.4, 0.5) is 11.5 Å². The van der Waals surface area contributed by atoms with E-state index in [0.717, 1.165) is 0 Å². The quantitative estimate of drug-likeness (QED) is 0.495. The molecule has 3 N–H and O–H groups in total. The lowest BCUT2D eigenvalue weighted by molar-refractivity contribution is -0.138. The van der Waals surface area contributed by atoms with Gasteiger partial charge in [-0.2, -0.15) is 0 Å². The van der Waals surface area contributed by atoms with Gasteiger partial charge in [0.2, 0.25) is 5.91 Å². The van der Waals surface area contributed by atoms with Crippen molar-refractivity contribution >= 4 is 34.3 Å². The molecule has 1 amide bonds. The van der Waals surface area contributed by atoms with Gasteiger partial charge in [-0.1, -0.05) is 36.4 Å². The highest BCUT2D eigenvalue weighted by Crippen LogP contribution is 2.27. The molecule has 0 aliphatic heterocycles. The summed E-state index contributed by atoms with van der Waals surface area (Å²) in [6.45, 7) is 0.656. The van der Waals surface area contributed by atoms with Gasteiger partial charge in [-0.3, -0.25) is 4.79 Å². The number of carboxylic acid groups (broad SMARTS) is 1. The predicted octanol–water partition coefficient (Wildman–Crippen LogP) is 2.92. The fourth-order valence-electron chi connectivity index (χ4n) is 2.87. The van der Waals surface area contributed by atoms with Crippen molar-refractivity contribution in [3.8, 4) is 0 Å². The van der Waals surface area contributed by atoms with Crippen molar-refractivity contribution in [1.82, 2.24) is 14.9 Å². The molecule has 0 saturated heterocycles. The number of hydrogen-bond acceptors (Lipinski definition) is 6. The Hall–Kier alpha value is -3.78. The van der Waals surface area contributed by atoms with E-state index in [4.69, 9.17) is 0 Å². The molecule has 1 atom stereocenters. The Morgan fingerprint density at radius 1 is 1.13 bits per heavy atom. The lowest BCUT2D eigenvalue weighted by Crippen LogP contribution is -2.21. The molecule has 2 aromatic carbocycles. The number of nitrogens with one attached hydrogen (secondary N) is 2. The lowest BCUT2D eigenvalue weighted by atomic mass is 10.1. The van der Waals surface area contributed by atoms with E-state index in [0.29, 0.717) is 34.5 Å². The number of anilines is 2. The second kappa shape index (κ2) is 9.62. The third kappa shape index (κ3) is 5.39. The maximum Gasteiger partial charge on any atom is 0.330 e. The third-order valence-corrected chi connectivity index (χ3v) is 4.30. The summed E-state index contributed by atoms with van der Waals surface area (Å²) in [5.74, 6) is -0.908. The van der Waals surface area contributed by atoms with Gasteiger partial charge in [0.15, 0.2) is 6.04 Å². The van der Waals surface area contributed by atoms with Crippen LogP contribution in [0.3, 0.4) is 0 Å². The average Bonchev–Trinajstić information content (AvgIpc) is 2.72. The first kappa shape index (κ1) is 20.9. The van der Waals surface area contributed by atoms with Crippen LogP contribution in [0.2, 0.25) is 0 Å². The van der Waals surface area contributed by atoms with Crippen LogP contribution in [0.5, 0.6) is 0 Å². The monoisotopic (exact) mass is 405 g/mol. The molecule has 0 aliphatic carbocycles. The van der Waals surface area contributed by atoms with Crippen LogP contribution in [0.15, 0.2) is 67.0 Å². The maximum absolute atomic E-state index is 12.1. The van der Waals surface area contributed by atoms with Gasteiger partial charge < -0.3 is 20.6 Å². The Morgan fingerprint density at radius 2 is 1.90 bits per heavy atom. The molecule has 0 saturated carbocycles. The largest absolute Gasteiger partial charge is 0.479 e. The molecule has 0 radical (unpaired) electrons. The van der Waals surface area contributed by atoms with Gasteiger partial charge in [0.05, 0.1) is 5.52 Å². The van der Waals surface area contributed by atoms with E-state index in [1.165, 1.54) is 12.4 Å². The normalized spacial score (nSPS) is 12.2. The molecule has 1 aromatic heterocycles. The zero-order valence-electron chi connectivity index (χ0n) is 16.7. The standard InChI is InChI=1S/C22H23N5O3/c1-27(2)12-6-9-19(28)25-16-10-11-18-17(13-16)21(24-14-23-18)26-20(22(29)30)15-7-4-3-5-8-15/h3-11,13-14,20H,12H2,1-2H3,(H,25,28)(H,29,30)(H,23,24,26). The number of carbonyl (C=O) groups excluding carboxylic acids is 1. The van der Waals surface area contributed by atoms with Gasteiger partial charge in [-0.05, 0) is 37.9 Å². The maximum atomic E-state index is 12.1. The molecular weight excluding hydrogens is 382 g/mol. The minimum atomic E-state index is -1.02. The summed E-state index contributed by atoms with van der Waals surface area (Å²) in [6.07, 6.45) is 4.61. The van der Waals surface area contributed by atoms with Crippen molar-refractivity contribution < 1.29 is 14.7 Å². The van der Waals surface area contributed by atoms with Crippen molar-refractivity contribution in [1.29, 1.82) is 0 Å². The fourth-order valence-corrected chi connectivity index (χ4v) is 2.87. The fraction of sp³-hybridized carbons (Fsp3) is 0.182. The van der Waals surface area contributed by atoms with Crippen molar-refractivity contribution in [3.05, 3.63) is 72.6 Å². The van der Waals surface area contributed by atoms with E-state index in [9.17, 15) is 14.7 Å². The number of aromatic nitrogens is 2. The van der Waals surface area contributed by atoms with Gasteiger partial charge in [0, 0.05) is 23.7 Å². The van der Waals surface area contributed by atoms with E-state index < -0.39 is 12.0 Å². The van der Waals surface area contributed by atoms with E-state index >= 15 is 0 Å². The van der Waals surface area contributed by atoms with Crippen molar-refractivity contribution in [2.24, 2.45) is 0 Å². The molecule has 1 heterocycles. The highest BCUT2D eigenvalue weighted by molar-refractivity contribution is 6.01. The first-order chi connectivity index (χ1) is 14.4. The smallest absolute Gasteiger partial charge is 0.330 e. The molecule has 0 bridgehead atoms.